The van der Waals surface area contributed by atoms with Crippen molar-refractivity contribution in [2.45, 2.75) is 32.2 Å². The van der Waals surface area contributed by atoms with Gasteiger partial charge < -0.3 is 9.50 Å². The summed E-state index contributed by atoms with van der Waals surface area (Å²) < 4.78 is 31.7. The Hall–Kier alpha value is -2.31. The van der Waals surface area contributed by atoms with Gasteiger partial charge in [0.1, 0.15) is 10.6 Å². The van der Waals surface area contributed by atoms with Gasteiger partial charge in [-0.1, -0.05) is 45.8 Å². The molecule has 0 bridgehead atoms. The Labute approximate surface area is 174 Å². The molecule has 3 rings (SSSR count). The van der Waals surface area contributed by atoms with Crippen molar-refractivity contribution in [3.63, 3.8) is 0 Å². The molecule has 0 saturated heterocycles. The molecule has 3 aromatic rings. The Balaban J connectivity index is 1.86. The highest BCUT2D eigenvalue weighted by atomic mass is 79.9. The first kappa shape index (κ1) is 20.4. The lowest BCUT2D eigenvalue weighted by atomic mass is 10.1. The summed E-state index contributed by atoms with van der Waals surface area (Å²) in [7, 11) is -3.91. The van der Waals surface area contributed by atoms with E-state index in [1.54, 1.807) is 36.4 Å². The summed E-state index contributed by atoms with van der Waals surface area (Å²) in [5.74, 6) is 0.307. The fourth-order valence-corrected chi connectivity index (χ4v) is 4.14. The Kier molecular flexibility index (Phi) is 6.10. The molecule has 0 amide bonds. The second kappa shape index (κ2) is 8.37. The van der Waals surface area contributed by atoms with Crippen LogP contribution in [0, 0.1) is 20.8 Å². The van der Waals surface area contributed by atoms with Crippen LogP contribution in [0.1, 0.15) is 22.3 Å². The van der Waals surface area contributed by atoms with Crippen LogP contribution in [-0.2, 0) is 16.7 Å². The van der Waals surface area contributed by atoms with Gasteiger partial charge in [-0.15, -0.1) is 0 Å². The van der Waals surface area contributed by atoms with Gasteiger partial charge >= 0.3 is 10.1 Å². The molecule has 0 atom stereocenters. The molecule has 0 heterocycles. The van der Waals surface area contributed by atoms with Gasteiger partial charge in [-0.3, -0.25) is 0 Å². The van der Waals surface area contributed by atoms with Gasteiger partial charge in [0.2, 0.25) is 0 Å². The van der Waals surface area contributed by atoms with Gasteiger partial charge in [0.25, 0.3) is 0 Å². The van der Waals surface area contributed by atoms with E-state index in [0.29, 0.717) is 12.3 Å². The average molecular weight is 460 g/mol. The molecule has 4 nitrogen and oxygen atoms in total. The normalized spacial score (nSPS) is 11.3. The fourth-order valence-electron chi connectivity index (χ4n) is 2.77. The monoisotopic (exact) mass is 459 g/mol. The first-order valence-corrected chi connectivity index (χ1v) is 11.1. The molecular formula is C22H22BrNO3S. The first-order valence-electron chi connectivity index (χ1n) is 8.86. The lowest BCUT2D eigenvalue weighted by Gasteiger charge is -2.15. The second-order valence-electron chi connectivity index (χ2n) is 6.70. The van der Waals surface area contributed by atoms with Crippen molar-refractivity contribution in [3.05, 3.63) is 87.4 Å². The van der Waals surface area contributed by atoms with E-state index in [1.165, 1.54) is 5.56 Å². The third-order valence-corrected chi connectivity index (χ3v) is 6.35. The number of hydrogen-bond acceptors (Lipinski definition) is 4. The molecule has 0 aliphatic carbocycles. The lowest BCUT2D eigenvalue weighted by molar-refractivity contribution is 0.483. The summed E-state index contributed by atoms with van der Waals surface area (Å²) in [6, 6.07) is 17.9. The van der Waals surface area contributed by atoms with E-state index in [4.69, 9.17) is 4.18 Å². The number of anilines is 1. The maximum absolute atomic E-state index is 12.7. The maximum Gasteiger partial charge on any atom is 0.339 e. The summed E-state index contributed by atoms with van der Waals surface area (Å²) in [5.41, 5.74) is 5.09. The van der Waals surface area contributed by atoms with E-state index >= 15 is 0 Å². The van der Waals surface area contributed by atoms with Crippen LogP contribution in [0.25, 0.3) is 0 Å². The Morgan fingerprint density at radius 1 is 0.964 bits per heavy atom. The van der Waals surface area contributed by atoms with Crippen molar-refractivity contribution in [2.75, 3.05) is 5.32 Å². The zero-order valence-corrected chi connectivity index (χ0v) is 18.4. The molecule has 146 valence electrons. The molecule has 0 radical (unpaired) electrons. The van der Waals surface area contributed by atoms with Crippen LogP contribution in [0.2, 0.25) is 0 Å². The van der Waals surface area contributed by atoms with Crippen molar-refractivity contribution in [1.82, 2.24) is 0 Å². The quantitative estimate of drug-likeness (QED) is 0.476. The van der Waals surface area contributed by atoms with Crippen molar-refractivity contribution in [2.24, 2.45) is 0 Å². The van der Waals surface area contributed by atoms with Crippen molar-refractivity contribution < 1.29 is 12.6 Å². The van der Waals surface area contributed by atoms with E-state index in [9.17, 15) is 8.42 Å². The molecule has 0 aliphatic rings. The van der Waals surface area contributed by atoms with E-state index in [1.807, 2.05) is 25.1 Å². The standard InChI is InChI=1S/C22H22BrNO3S/c1-15-7-10-20(11-8-15)28(25,26)27-22-12-9-19(23)13-18(22)14-24-21-6-4-5-16(2)17(21)3/h4-13,24H,14H2,1-3H3. The maximum atomic E-state index is 12.7. The van der Waals surface area contributed by atoms with Crippen LogP contribution in [0.5, 0.6) is 5.75 Å². The van der Waals surface area contributed by atoms with Crippen LogP contribution < -0.4 is 9.50 Å². The number of benzene rings is 3. The summed E-state index contributed by atoms with van der Waals surface area (Å²) in [6.45, 7) is 6.45. The number of aryl methyl sites for hydroxylation is 2. The topological polar surface area (TPSA) is 55.4 Å². The van der Waals surface area contributed by atoms with Crippen LogP contribution in [0.3, 0.4) is 0 Å². The van der Waals surface area contributed by atoms with Crippen LogP contribution in [0.15, 0.2) is 70.0 Å². The molecule has 6 heteroatoms. The highest BCUT2D eigenvalue weighted by Crippen LogP contribution is 2.28. The fraction of sp³-hybridized carbons (Fsp3) is 0.182. The van der Waals surface area contributed by atoms with Crippen molar-refractivity contribution in [3.8, 4) is 5.75 Å². The van der Waals surface area contributed by atoms with Gasteiger partial charge in [-0.05, 0) is 68.3 Å². The second-order valence-corrected chi connectivity index (χ2v) is 9.17. The van der Waals surface area contributed by atoms with Crippen molar-refractivity contribution >= 4 is 31.7 Å². The SMILES string of the molecule is Cc1ccc(S(=O)(=O)Oc2ccc(Br)cc2CNc2cccc(C)c2C)cc1. The molecule has 0 spiro atoms. The van der Waals surface area contributed by atoms with Gasteiger partial charge in [-0.2, -0.15) is 8.42 Å². The molecule has 0 saturated carbocycles. The first-order chi connectivity index (χ1) is 13.3. The number of nitrogens with one attached hydrogen (secondary N) is 1. The van der Waals surface area contributed by atoms with Crippen LogP contribution in [-0.4, -0.2) is 8.42 Å². The molecule has 0 fully saturated rings. The molecular weight excluding hydrogens is 438 g/mol. The molecule has 0 aromatic heterocycles. The number of rotatable bonds is 6. The minimum atomic E-state index is -3.91. The van der Waals surface area contributed by atoms with Gasteiger partial charge in [-0.25, -0.2) is 0 Å². The molecule has 0 aliphatic heterocycles. The minimum Gasteiger partial charge on any atom is -0.381 e. The Bertz CT molecular complexity index is 1090. The largest absolute Gasteiger partial charge is 0.381 e. The zero-order valence-electron chi connectivity index (χ0n) is 16.0. The lowest BCUT2D eigenvalue weighted by Crippen LogP contribution is -2.12. The molecule has 0 unspecified atom stereocenters. The van der Waals surface area contributed by atoms with E-state index in [0.717, 1.165) is 26.9 Å². The van der Waals surface area contributed by atoms with Gasteiger partial charge in [0.05, 0.1) is 0 Å². The number of halogens is 1. The predicted molar refractivity (Wildman–Crippen MR) is 116 cm³/mol. The zero-order chi connectivity index (χ0) is 20.3. The summed E-state index contributed by atoms with van der Waals surface area (Å²) in [6.07, 6.45) is 0. The molecule has 3 aromatic carbocycles. The smallest absolute Gasteiger partial charge is 0.339 e. The summed E-state index contributed by atoms with van der Waals surface area (Å²) in [5, 5.41) is 3.38. The Morgan fingerprint density at radius 3 is 2.39 bits per heavy atom. The average Bonchev–Trinajstić information content (AvgIpc) is 2.65. The van der Waals surface area contributed by atoms with E-state index in [2.05, 4.69) is 41.2 Å². The minimum absolute atomic E-state index is 0.134. The Morgan fingerprint density at radius 2 is 1.68 bits per heavy atom. The third kappa shape index (κ3) is 4.75. The predicted octanol–water partition coefficient (Wildman–Crippen LogP) is 5.75. The highest BCUT2D eigenvalue weighted by Gasteiger charge is 2.18. The van der Waals surface area contributed by atoms with E-state index < -0.39 is 10.1 Å². The number of hydrogen-bond donors (Lipinski definition) is 1. The summed E-state index contributed by atoms with van der Waals surface area (Å²) >= 11 is 3.45. The van der Waals surface area contributed by atoms with E-state index in [-0.39, 0.29) is 4.90 Å². The van der Waals surface area contributed by atoms with Gasteiger partial charge in [0.15, 0.2) is 0 Å². The van der Waals surface area contributed by atoms with Crippen LogP contribution >= 0.6 is 15.9 Å². The van der Waals surface area contributed by atoms with Crippen LogP contribution in [0.4, 0.5) is 5.69 Å². The summed E-state index contributed by atoms with van der Waals surface area (Å²) in [4.78, 5) is 0.134. The van der Waals surface area contributed by atoms with Gasteiger partial charge in [0, 0.05) is 22.3 Å². The molecule has 1 N–H and O–H groups in total. The highest BCUT2D eigenvalue weighted by molar-refractivity contribution is 9.10. The van der Waals surface area contributed by atoms with Crippen molar-refractivity contribution in [1.29, 1.82) is 0 Å². The molecule has 28 heavy (non-hydrogen) atoms. The third-order valence-electron chi connectivity index (χ3n) is 4.61.